The molecule has 1 N–H and O–H groups in total. The van der Waals surface area contributed by atoms with Gasteiger partial charge in [-0.15, -0.1) is 0 Å². The zero-order valence-electron chi connectivity index (χ0n) is 11.5. The molecule has 1 aromatic rings. The molecule has 1 aromatic carbocycles. The number of nitrogens with zero attached hydrogens (tertiary/aromatic N) is 1. The average molecular weight is 261 g/mol. The van der Waals surface area contributed by atoms with E-state index < -0.39 is 0 Å². The maximum atomic E-state index is 14.0. The van der Waals surface area contributed by atoms with Gasteiger partial charge in [0.2, 0.25) is 0 Å². The van der Waals surface area contributed by atoms with Gasteiger partial charge < -0.3 is 5.11 Å². The fourth-order valence-corrected chi connectivity index (χ4v) is 2.56. The number of halogens is 1. The first-order valence-corrected chi connectivity index (χ1v) is 6.66. The van der Waals surface area contributed by atoms with Crippen molar-refractivity contribution in [2.75, 3.05) is 13.2 Å². The van der Waals surface area contributed by atoms with Crippen LogP contribution in [-0.4, -0.2) is 28.7 Å². The van der Waals surface area contributed by atoms with E-state index in [4.69, 9.17) is 5.11 Å². The standard InChI is InChI=1S/C16H20FNO/c1-16(2)8-4-9-18(16)12-14-7-6-13(5-3-10-19)11-15(14)17/h6-7,11,19H,4,8-10,12H2,1-2H3. The Balaban J connectivity index is 2.13. The van der Waals surface area contributed by atoms with E-state index in [0.29, 0.717) is 17.7 Å². The highest BCUT2D eigenvalue weighted by Crippen LogP contribution is 2.30. The van der Waals surface area contributed by atoms with Crippen molar-refractivity contribution in [2.45, 2.75) is 38.8 Å². The predicted octanol–water partition coefficient (Wildman–Crippen LogP) is 2.54. The summed E-state index contributed by atoms with van der Waals surface area (Å²) in [7, 11) is 0. The van der Waals surface area contributed by atoms with Gasteiger partial charge in [0.05, 0.1) is 0 Å². The molecule has 1 fully saturated rings. The molecule has 0 amide bonds. The molecule has 1 heterocycles. The lowest BCUT2D eigenvalue weighted by Gasteiger charge is -2.31. The number of benzene rings is 1. The van der Waals surface area contributed by atoms with Crippen LogP contribution in [0.25, 0.3) is 0 Å². The Labute approximate surface area is 114 Å². The van der Waals surface area contributed by atoms with Gasteiger partial charge in [-0.25, -0.2) is 4.39 Å². The molecular weight excluding hydrogens is 241 g/mol. The maximum absolute atomic E-state index is 14.0. The normalized spacial score (nSPS) is 18.1. The Hall–Kier alpha value is -1.37. The lowest BCUT2D eigenvalue weighted by Crippen LogP contribution is -2.37. The number of hydrogen-bond acceptors (Lipinski definition) is 2. The molecular formula is C16H20FNO. The summed E-state index contributed by atoms with van der Waals surface area (Å²) in [5, 5.41) is 8.62. The summed E-state index contributed by atoms with van der Waals surface area (Å²) in [6, 6.07) is 5.05. The van der Waals surface area contributed by atoms with Gasteiger partial charge in [-0.05, 0) is 45.4 Å². The molecule has 1 aliphatic heterocycles. The summed E-state index contributed by atoms with van der Waals surface area (Å²) in [6.45, 7) is 5.88. The van der Waals surface area contributed by atoms with Gasteiger partial charge >= 0.3 is 0 Å². The summed E-state index contributed by atoms with van der Waals surface area (Å²) in [5.74, 6) is 5.03. The second-order valence-corrected chi connectivity index (χ2v) is 5.60. The monoisotopic (exact) mass is 261 g/mol. The van der Waals surface area contributed by atoms with Crippen LogP contribution in [0.2, 0.25) is 0 Å². The van der Waals surface area contributed by atoms with Crippen LogP contribution in [0.15, 0.2) is 18.2 Å². The molecule has 1 aliphatic rings. The summed E-state index contributed by atoms with van der Waals surface area (Å²) in [4.78, 5) is 2.32. The highest BCUT2D eigenvalue weighted by Gasteiger charge is 2.31. The van der Waals surface area contributed by atoms with Crippen molar-refractivity contribution in [2.24, 2.45) is 0 Å². The fourth-order valence-electron chi connectivity index (χ4n) is 2.56. The Morgan fingerprint density at radius 2 is 2.21 bits per heavy atom. The Morgan fingerprint density at radius 1 is 1.42 bits per heavy atom. The van der Waals surface area contributed by atoms with Gasteiger partial charge in [-0.3, -0.25) is 4.90 Å². The third kappa shape index (κ3) is 3.34. The van der Waals surface area contributed by atoms with Gasteiger partial charge in [0.15, 0.2) is 0 Å². The molecule has 0 aliphatic carbocycles. The van der Waals surface area contributed by atoms with Crippen LogP contribution >= 0.6 is 0 Å². The lowest BCUT2D eigenvalue weighted by atomic mass is 10.0. The van der Waals surface area contributed by atoms with Crippen LogP contribution in [-0.2, 0) is 6.54 Å². The minimum absolute atomic E-state index is 0.155. The molecule has 0 spiro atoms. The maximum Gasteiger partial charge on any atom is 0.128 e. The molecule has 102 valence electrons. The van der Waals surface area contributed by atoms with E-state index in [0.717, 1.165) is 13.0 Å². The predicted molar refractivity (Wildman–Crippen MR) is 74.1 cm³/mol. The van der Waals surface area contributed by atoms with Crippen molar-refractivity contribution in [3.8, 4) is 11.8 Å². The minimum atomic E-state index is -0.215. The SMILES string of the molecule is CC1(C)CCCN1Cc1ccc(C#CCO)cc1F. The van der Waals surface area contributed by atoms with Crippen LogP contribution in [0.3, 0.4) is 0 Å². The van der Waals surface area contributed by atoms with E-state index in [1.54, 1.807) is 6.07 Å². The Morgan fingerprint density at radius 3 is 2.79 bits per heavy atom. The highest BCUT2D eigenvalue weighted by atomic mass is 19.1. The largest absolute Gasteiger partial charge is 0.384 e. The van der Waals surface area contributed by atoms with E-state index in [-0.39, 0.29) is 18.0 Å². The van der Waals surface area contributed by atoms with Crippen molar-refractivity contribution in [3.05, 3.63) is 35.1 Å². The van der Waals surface area contributed by atoms with Crippen LogP contribution in [0, 0.1) is 17.7 Å². The zero-order valence-corrected chi connectivity index (χ0v) is 11.5. The second kappa shape index (κ2) is 5.73. The fraction of sp³-hybridized carbons (Fsp3) is 0.500. The summed E-state index contributed by atoms with van der Waals surface area (Å²) in [5.41, 5.74) is 1.47. The number of aliphatic hydroxyl groups is 1. The average Bonchev–Trinajstić information content (AvgIpc) is 2.69. The van der Waals surface area contributed by atoms with Crippen molar-refractivity contribution < 1.29 is 9.50 Å². The summed E-state index contributed by atoms with van der Waals surface area (Å²) < 4.78 is 14.0. The first-order valence-electron chi connectivity index (χ1n) is 6.66. The van der Waals surface area contributed by atoms with Gasteiger partial charge in [0, 0.05) is 23.2 Å². The van der Waals surface area contributed by atoms with Gasteiger partial charge in [-0.2, -0.15) is 0 Å². The molecule has 0 unspecified atom stereocenters. The minimum Gasteiger partial charge on any atom is -0.384 e. The van der Waals surface area contributed by atoms with Gasteiger partial charge in [0.1, 0.15) is 12.4 Å². The molecule has 0 radical (unpaired) electrons. The van der Waals surface area contributed by atoms with Gasteiger partial charge in [0.25, 0.3) is 0 Å². The number of hydrogen-bond donors (Lipinski definition) is 1. The third-order valence-electron chi connectivity index (χ3n) is 3.80. The van der Waals surface area contributed by atoms with Crippen molar-refractivity contribution in [1.82, 2.24) is 4.90 Å². The Kier molecular flexibility index (Phi) is 4.24. The quantitative estimate of drug-likeness (QED) is 0.827. The second-order valence-electron chi connectivity index (χ2n) is 5.60. The first-order chi connectivity index (χ1) is 9.03. The molecule has 0 bridgehead atoms. The number of rotatable bonds is 2. The Bertz CT molecular complexity index is 513. The lowest BCUT2D eigenvalue weighted by molar-refractivity contribution is 0.164. The molecule has 0 aromatic heterocycles. The topological polar surface area (TPSA) is 23.5 Å². The van der Waals surface area contributed by atoms with E-state index >= 15 is 0 Å². The summed E-state index contributed by atoms with van der Waals surface area (Å²) in [6.07, 6.45) is 2.34. The van der Waals surface area contributed by atoms with Crippen molar-refractivity contribution in [3.63, 3.8) is 0 Å². The van der Waals surface area contributed by atoms with E-state index in [1.165, 1.54) is 12.5 Å². The molecule has 2 nitrogen and oxygen atoms in total. The van der Waals surface area contributed by atoms with E-state index in [1.807, 2.05) is 6.07 Å². The molecule has 0 saturated carbocycles. The van der Waals surface area contributed by atoms with E-state index in [2.05, 4.69) is 30.6 Å². The highest BCUT2D eigenvalue weighted by molar-refractivity contribution is 5.37. The molecule has 2 rings (SSSR count). The van der Waals surface area contributed by atoms with Crippen LogP contribution in [0.4, 0.5) is 4.39 Å². The van der Waals surface area contributed by atoms with Crippen molar-refractivity contribution in [1.29, 1.82) is 0 Å². The van der Waals surface area contributed by atoms with Gasteiger partial charge in [-0.1, -0.05) is 17.9 Å². The van der Waals surface area contributed by atoms with E-state index in [9.17, 15) is 4.39 Å². The third-order valence-corrected chi connectivity index (χ3v) is 3.80. The number of aliphatic hydroxyl groups excluding tert-OH is 1. The van der Waals surface area contributed by atoms with Crippen LogP contribution in [0.1, 0.15) is 37.8 Å². The van der Waals surface area contributed by atoms with Crippen LogP contribution in [0.5, 0.6) is 0 Å². The first kappa shape index (κ1) is 14.0. The number of likely N-dealkylation sites (tertiary alicyclic amines) is 1. The molecule has 1 saturated heterocycles. The molecule has 0 atom stereocenters. The summed E-state index contributed by atoms with van der Waals surface area (Å²) >= 11 is 0. The molecule has 3 heteroatoms. The smallest absolute Gasteiger partial charge is 0.128 e. The van der Waals surface area contributed by atoms with Crippen molar-refractivity contribution >= 4 is 0 Å². The molecule has 19 heavy (non-hydrogen) atoms. The van der Waals surface area contributed by atoms with Crippen LogP contribution < -0.4 is 0 Å². The zero-order chi connectivity index (χ0) is 13.9.